The molecule has 20 heavy (non-hydrogen) atoms. The van der Waals surface area contributed by atoms with Crippen LogP contribution in [0.25, 0.3) is 0 Å². The molecule has 3 nitrogen and oxygen atoms in total. The summed E-state index contributed by atoms with van der Waals surface area (Å²) in [5.74, 6) is -0.0657. The molecule has 1 aromatic rings. The van der Waals surface area contributed by atoms with Crippen molar-refractivity contribution in [2.75, 3.05) is 13.1 Å². The Bertz CT molecular complexity index is 484. The van der Waals surface area contributed by atoms with Gasteiger partial charge in [-0.25, -0.2) is 4.39 Å². The van der Waals surface area contributed by atoms with Gasteiger partial charge >= 0.3 is 0 Å². The van der Waals surface area contributed by atoms with Gasteiger partial charge in [0.1, 0.15) is 5.82 Å². The van der Waals surface area contributed by atoms with Crippen molar-refractivity contribution in [3.63, 3.8) is 0 Å². The van der Waals surface area contributed by atoms with Gasteiger partial charge in [0, 0.05) is 12.0 Å². The highest BCUT2D eigenvalue weighted by Crippen LogP contribution is 2.28. The molecule has 4 heteroatoms. The standard InChI is InChI=1S/C16H23FN2O/c1-11-8-13(9-12(2)14(11)17)10-19-15(20)16(3)4-6-18-7-5-16/h8-9,18H,4-7,10H2,1-3H3,(H,19,20). The van der Waals surface area contributed by atoms with Crippen LogP contribution in [0, 0.1) is 25.1 Å². The Kier molecular flexibility index (Phi) is 4.43. The van der Waals surface area contributed by atoms with Crippen molar-refractivity contribution in [3.05, 3.63) is 34.6 Å². The first-order valence-corrected chi connectivity index (χ1v) is 7.17. The van der Waals surface area contributed by atoms with Gasteiger partial charge in [-0.1, -0.05) is 19.1 Å². The maximum Gasteiger partial charge on any atom is 0.226 e. The second-order valence-corrected chi connectivity index (χ2v) is 6.04. The number of halogens is 1. The molecule has 0 radical (unpaired) electrons. The van der Waals surface area contributed by atoms with E-state index in [9.17, 15) is 9.18 Å². The van der Waals surface area contributed by atoms with Gasteiger partial charge in [-0.05, 0) is 56.5 Å². The molecule has 0 saturated carbocycles. The molecule has 1 amide bonds. The Morgan fingerprint density at radius 2 is 1.85 bits per heavy atom. The van der Waals surface area contributed by atoms with E-state index in [1.807, 2.05) is 6.92 Å². The topological polar surface area (TPSA) is 41.1 Å². The minimum Gasteiger partial charge on any atom is -0.352 e. The van der Waals surface area contributed by atoms with Crippen LogP contribution in [-0.4, -0.2) is 19.0 Å². The van der Waals surface area contributed by atoms with Gasteiger partial charge in [0.05, 0.1) is 0 Å². The average Bonchev–Trinajstić information content (AvgIpc) is 2.42. The van der Waals surface area contributed by atoms with E-state index >= 15 is 0 Å². The molecular formula is C16H23FN2O. The molecule has 1 aliphatic heterocycles. The van der Waals surface area contributed by atoms with Gasteiger partial charge < -0.3 is 10.6 Å². The first-order valence-electron chi connectivity index (χ1n) is 7.17. The van der Waals surface area contributed by atoms with Crippen molar-refractivity contribution in [2.24, 2.45) is 5.41 Å². The summed E-state index contributed by atoms with van der Waals surface area (Å²) < 4.78 is 13.6. The normalized spacial score (nSPS) is 17.8. The molecule has 0 spiro atoms. The van der Waals surface area contributed by atoms with Crippen LogP contribution in [0.15, 0.2) is 12.1 Å². The highest BCUT2D eigenvalue weighted by Gasteiger charge is 2.34. The molecule has 1 saturated heterocycles. The van der Waals surface area contributed by atoms with Gasteiger partial charge in [-0.2, -0.15) is 0 Å². The molecule has 0 bridgehead atoms. The summed E-state index contributed by atoms with van der Waals surface area (Å²) in [5.41, 5.74) is 1.92. The number of aryl methyl sites for hydroxylation is 2. The van der Waals surface area contributed by atoms with E-state index in [0.29, 0.717) is 17.7 Å². The molecule has 2 N–H and O–H groups in total. The number of nitrogens with one attached hydrogen (secondary N) is 2. The van der Waals surface area contributed by atoms with Gasteiger partial charge in [0.2, 0.25) is 5.91 Å². The Balaban J connectivity index is 2.00. The zero-order valence-electron chi connectivity index (χ0n) is 12.5. The number of rotatable bonds is 3. The van der Waals surface area contributed by atoms with Gasteiger partial charge in [0.25, 0.3) is 0 Å². The van der Waals surface area contributed by atoms with Gasteiger partial charge in [0.15, 0.2) is 0 Å². The Labute approximate surface area is 120 Å². The second kappa shape index (κ2) is 5.92. The summed E-state index contributed by atoms with van der Waals surface area (Å²) in [6.07, 6.45) is 1.72. The predicted molar refractivity (Wildman–Crippen MR) is 77.9 cm³/mol. The molecule has 0 atom stereocenters. The van der Waals surface area contributed by atoms with Crippen LogP contribution in [-0.2, 0) is 11.3 Å². The lowest BCUT2D eigenvalue weighted by molar-refractivity contribution is -0.131. The summed E-state index contributed by atoms with van der Waals surface area (Å²) in [7, 11) is 0. The van der Waals surface area contributed by atoms with Crippen LogP contribution in [0.4, 0.5) is 4.39 Å². The minimum absolute atomic E-state index is 0.0960. The number of hydrogen-bond donors (Lipinski definition) is 2. The van der Waals surface area contributed by atoms with E-state index < -0.39 is 0 Å². The van der Waals surface area contributed by atoms with E-state index in [2.05, 4.69) is 10.6 Å². The second-order valence-electron chi connectivity index (χ2n) is 6.04. The van der Waals surface area contributed by atoms with Crippen LogP contribution >= 0.6 is 0 Å². The number of carbonyl (C=O) groups is 1. The van der Waals surface area contributed by atoms with E-state index in [1.54, 1.807) is 26.0 Å². The number of carbonyl (C=O) groups excluding carboxylic acids is 1. The molecule has 1 heterocycles. The van der Waals surface area contributed by atoms with Crippen molar-refractivity contribution in [3.8, 4) is 0 Å². The zero-order chi connectivity index (χ0) is 14.8. The Morgan fingerprint density at radius 3 is 2.40 bits per heavy atom. The molecule has 2 rings (SSSR count). The molecule has 1 aliphatic rings. The van der Waals surface area contributed by atoms with Crippen molar-refractivity contribution >= 4 is 5.91 Å². The van der Waals surface area contributed by atoms with E-state index in [1.165, 1.54) is 0 Å². The number of benzene rings is 1. The summed E-state index contributed by atoms with van der Waals surface area (Å²) in [6, 6.07) is 3.60. The maximum absolute atomic E-state index is 13.6. The van der Waals surface area contributed by atoms with Gasteiger partial charge in [-0.3, -0.25) is 4.79 Å². The molecule has 1 fully saturated rings. The predicted octanol–water partition coefficient (Wildman–Crippen LogP) is 2.45. The smallest absolute Gasteiger partial charge is 0.226 e. The quantitative estimate of drug-likeness (QED) is 0.891. The van der Waals surface area contributed by atoms with Crippen molar-refractivity contribution in [1.82, 2.24) is 10.6 Å². The Hall–Kier alpha value is -1.42. The SMILES string of the molecule is Cc1cc(CNC(=O)C2(C)CCNCC2)cc(C)c1F. The largest absolute Gasteiger partial charge is 0.352 e. The zero-order valence-corrected chi connectivity index (χ0v) is 12.5. The fraction of sp³-hybridized carbons (Fsp3) is 0.562. The third-order valence-corrected chi connectivity index (χ3v) is 4.20. The lowest BCUT2D eigenvalue weighted by Crippen LogP contribution is -2.45. The molecule has 110 valence electrons. The third-order valence-electron chi connectivity index (χ3n) is 4.20. The van der Waals surface area contributed by atoms with Gasteiger partial charge in [-0.15, -0.1) is 0 Å². The van der Waals surface area contributed by atoms with Crippen molar-refractivity contribution in [1.29, 1.82) is 0 Å². The first kappa shape index (κ1) is 15.0. The summed E-state index contributed by atoms with van der Waals surface area (Å²) in [5, 5.41) is 6.26. The van der Waals surface area contributed by atoms with Crippen molar-refractivity contribution in [2.45, 2.75) is 40.2 Å². The maximum atomic E-state index is 13.6. The molecule has 0 aromatic heterocycles. The number of amides is 1. The third kappa shape index (κ3) is 3.18. The fourth-order valence-electron chi connectivity index (χ4n) is 2.74. The van der Waals surface area contributed by atoms with Crippen LogP contribution in [0.5, 0.6) is 0 Å². The fourth-order valence-corrected chi connectivity index (χ4v) is 2.74. The van der Waals surface area contributed by atoms with Crippen LogP contribution in [0.2, 0.25) is 0 Å². The van der Waals surface area contributed by atoms with Crippen LogP contribution in [0.1, 0.15) is 36.5 Å². The first-order chi connectivity index (χ1) is 9.42. The minimum atomic E-state index is -0.282. The highest BCUT2D eigenvalue weighted by molar-refractivity contribution is 5.82. The summed E-state index contributed by atoms with van der Waals surface area (Å²) >= 11 is 0. The highest BCUT2D eigenvalue weighted by atomic mass is 19.1. The van der Waals surface area contributed by atoms with Crippen LogP contribution in [0.3, 0.4) is 0 Å². The number of hydrogen-bond acceptors (Lipinski definition) is 2. The molecule has 0 unspecified atom stereocenters. The molecular weight excluding hydrogens is 255 g/mol. The Morgan fingerprint density at radius 1 is 1.30 bits per heavy atom. The lowest BCUT2D eigenvalue weighted by atomic mass is 9.80. The molecule has 1 aromatic carbocycles. The summed E-state index contributed by atoms with van der Waals surface area (Å²) in [6.45, 7) is 7.76. The van der Waals surface area contributed by atoms with E-state index in [0.717, 1.165) is 31.5 Å². The number of piperidine rings is 1. The van der Waals surface area contributed by atoms with Crippen LogP contribution < -0.4 is 10.6 Å². The van der Waals surface area contributed by atoms with E-state index in [-0.39, 0.29) is 17.1 Å². The molecule has 0 aliphatic carbocycles. The monoisotopic (exact) mass is 278 g/mol. The summed E-state index contributed by atoms with van der Waals surface area (Å²) in [4.78, 5) is 12.3. The average molecular weight is 278 g/mol. The lowest BCUT2D eigenvalue weighted by Gasteiger charge is -2.32. The van der Waals surface area contributed by atoms with Crippen molar-refractivity contribution < 1.29 is 9.18 Å². The van der Waals surface area contributed by atoms with E-state index in [4.69, 9.17) is 0 Å².